The molecule has 0 unspecified atom stereocenters. The Morgan fingerprint density at radius 2 is 1.84 bits per heavy atom. The van der Waals surface area contributed by atoms with Crippen molar-refractivity contribution in [2.24, 2.45) is 0 Å². The lowest BCUT2D eigenvalue weighted by molar-refractivity contribution is 0.0960. The van der Waals surface area contributed by atoms with Crippen LogP contribution < -0.4 is 10.7 Å². The SMILES string of the molecule is CNC(=O)c1c(C)n(-c2ccccc2C)ccc1=O. The van der Waals surface area contributed by atoms with Crippen molar-refractivity contribution in [2.45, 2.75) is 13.8 Å². The summed E-state index contributed by atoms with van der Waals surface area (Å²) in [6.07, 6.45) is 1.70. The third kappa shape index (κ3) is 2.29. The average molecular weight is 256 g/mol. The molecule has 2 aromatic rings. The summed E-state index contributed by atoms with van der Waals surface area (Å²) >= 11 is 0. The van der Waals surface area contributed by atoms with Crippen LogP contribution in [0.2, 0.25) is 0 Å². The first-order chi connectivity index (χ1) is 9.06. The van der Waals surface area contributed by atoms with Crippen LogP contribution in [-0.4, -0.2) is 17.5 Å². The zero-order chi connectivity index (χ0) is 14.0. The zero-order valence-electron chi connectivity index (χ0n) is 11.2. The van der Waals surface area contributed by atoms with Crippen LogP contribution >= 0.6 is 0 Å². The highest BCUT2D eigenvalue weighted by Crippen LogP contribution is 2.16. The van der Waals surface area contributed by atoms with Crippen molar-refractivity contribution in [3.8, 4) is 5.69 Å². The van der Waals surface area contributed by atoms with Crippen LogP contribution in [0.4, 0.5) is 0 Å². The Morgan fingerprint density at radius 3 is 2.47 bits per heavy atom. The van der Waals surface area contributed by atoms with Gasteiger partial charge in [-0.3, -0.25) is 9.59 Å². The van der Waals surface area contributed by atoms with Gasteiger partial charge in [0.25, 0.3) is 5.91 Å². The summed E-state index contributed by atoms with van der Waals surface area (Å²) in [5.74, 6) is -0.356. The highest BCUT2D eigenvalue weighted by Gasteiger charge is 2.15. The van der Waals surface area contributed by atoms with Crippen LogP contribution in [-0.2, 0) is 0 Å². The van der Waals surface area contributed by atoms with Gasteiger partial charge in [-0.1, -0.05) is 18.2 Å². The standard InChI is InChI=1S/C15H16N2O2/c1-10-6-4-5-7-12(10)17-9-8-13(18)14(11(17)2)15(19)16-3/h4-9H,1-3H3,(H,16,19). The van der Waals surface area contributed by atoms with E-state index in [2.05, 4.69) is 5.32 Å². The van der Waals surface area contributed by atoms with Crippen LogP contribution in [0.25, 0.3) is 5.69 Å². The molecule has 1 amide bonds. The van der Waals surface area contributed by atoms with Crippen molar-refractivity contribution >= 4 is 5.91 Å². The quantitative estimate of drug-likeness (QED) is 0.891. The molecule has 19 heavy (non-hydrogen) atoms. The highest BCUT2D eigenvalue weighted by molar-refractivity contribution is 5.95. The molecule has 0 saturated carbocycles. The molecule has 98 valence electrons. The second-order valence-electron chi connectivity index (χ2n) is 4.38. The molecular formula is C15H16N2O2. The van der Waals surface area contributed by atoms with Crippen molar-refractivity contribution in [3.63, 3.8) is 0 Å². The van der Waals surface area contributed by atoms with Gasteiger partial charge in [0.1, 0.15) is 5.56 Å². The number of carbonyl (C=O) groups excluding carboxylic acids is 1. The minimum absolute atomic E-state index is 0.188. The van der Waals surface area contributed by atoms with E-state index >= 15 is 0 Å². The molecule has 0 bridgehead atoms. The predicted octanol–water partition coefficient (Wildman–Crippen LogP) is 1.81. The van der Waals surface area contributed by atoms with E-state index in [1.54, 1.807) is 13.1 Å². The van der Waals surface area contributed by atoms with Gasteiger partial charge in [0, 0.05) is 30.7 Å². The van der Waals surface area contributed by atoms with Gasteiger partial charge in [0.05, 0.1) is 0 Å². The summed E-state index contributed by atoms with van der Waals surface area (Å²) in [7, 11) is 1.52. The number of carbonyl (C=O) groups is 1. The number of para-hydroxylation sites is 1. The Morgan fingerprint density at radius 1 is 1.16 bits per heavy atom. The van der Waals surface area contributed by atoms with E-state index in [4.69, 9.17) is 0 Å². The number of rotatable bonds is 2. The molecule has 0 radical (unpaired) electrons. The largest absolute Gasteiger partial charge is 0.355 e. The molecule has 2 rings (SSSR count). The maximum Gasteiger partial charge on any atom is 0.256 e. The van der Waals surface area contributed by atoms with Gasteiger partial charge in [-0.15, -0.1) is 0 Å². The minimum atomic E-state index is -0.356. The van der Waals surface area contributed by atoms with E-state index in [1.165, 1.54) is 13.1 Å². The van der Waals surface area contributed by atoms with E-state index in [9.17, 15) is 9.59 Å². The van der Waals surface area contributed by atoms with E-state index in [0.717, 1.165) is 11.3 Å². The molecule has 1 N–H and O–H groups in total. The molecule has 1 heterocycles. The molecule has 0 atom stereocenters. The summed E-state index contributed by atoms with van der Waals surface area (Å²) in [5, 5.41) is 2.50. The topological polar surface area (TPSA) is 51.1 Å². The van der Waals surface area contributed by atoms with Gasteiger partial charge in [0.2, 0.25) is 0 Å². The third-order valence-electron chi connectivity index (χ3n) is 3.17. The lowest BCUT2D eigenvalue weighted by Crippen LogP contribution is -2.28. The number of benzene rings is 1. The molecule has 4 nitrogen and oxygen atoms in total. The van der Waals surface area contributed by atoms with Gasteiger partial charge in [-0.05, 0) is 25.5 Å². The highest BCUT2D eigenvalue weighted by atomic mass is 16.2. The third-order valence-corrected chi connectivity index (χ3v) is 3.17. The van der Waals surface area contributed by atoms with E-state index < -0.39 is 0 Å². The van der Waals surface area contributed by atoms with Gasteiger partial charge < -0.3 is 9.88 Å². The van der Waals surface area contributed by atoms with Crippen molar-refractivity contribution in [2.75, 3.05) is 7.05 Å². The Bertz CT molecular complexity index is 687. The second-order valence-corrected chi connectivity index (χ2v) is 4.38. The van der Waals surface area contributed by atoms with Gasteiger partial charge in [-0.25, -0.2) is 0 Å². The van der Waals surface area contributed by atoms with Crippen LogP contribution in [0.1, 0.15) is 21.6 Å². The molecule has 4 heteroatoms. The number of aryl methyl sites for hydroxylation is 1. The average Bonchev–Trinajstić information content (AvgIpc) is 2.40. The molecule has 0 saturated heterocycles. The molecule has 0 spiro atoms. The number of hydrogen-bond donors (Lipinski definition) is 1. The van der Waals surface area contributed by atoms with Gasteiger partial charge in [0.15, 0.2) is 5.43 Å². The number of hydrogen-bond acceptors (Lipinski definition) is 2. The van der Waals surface area contributed by atoms with Crippen LogP contribution in [0.15, 0.2) is 41.3 Å². The van der Waals surface area contributed by atoms with Crippen LogP contribution in [0, 0.1) is 13.8 Å². The van der Waals surface area contributed by atoms with E-state index in [1.807, 2.05) is 35.8 Å². The van der Waals surface area contributed by atoms with E-state index in [-0.39, 0.29) is 16.9 Å². The Hall–Kier alpha value is -2.36. The number of amides is 1. The van der Waals surface area contributed by atoms with Crippen molar-refractivity contribution in [3.05, 3.63) is 63.6 Å². The lowest BCUT2D eigenvalue weighted by atomic mass is 10.1. The van der Waals surface area contributed by atoms with Crippen molar-refractivity contribution < 1.29 is 4.79 Å². The van der Waals surface area contributed by atoms with Gasteiger partial charge >= 0.3 is 0 Å². The summed E-state index contributed by atoms with van der Waals surface area (Å²) in [6.45, 7) is 3.77. The first-order valence-electron chi connectivity index (χ1n) is 6.06. The minimum Gasteiger partial charge on any atom is -0.355 e. The summed E-state index contributed by atoms with van der Waals surface area (Å²) < 4.78 is 1.86. The number of pyridine rings is 1. The molecule has 1 aromatic carbocycles. The molecule has 1 aromatic heterocycles. The van der Waals surface area contributed by atoms with Crippen LogP contribution in [0.5, 0.6) is 0 Å². The zero-order valence-corrected chi connectivity index (χ0v) is 11.2. The Kier molecular flexibility index (Phi) is 3.51. The van der Waals surface area contributed by atoms with Crippen molar-refractivity contribution in [1.29, 1.82) is 0 Å². The summed E-state index contributed by atoms with van der Waals surface area (Å²) in [6, 6.07) is 9.26. The lowest BCUT2D eigenvalue weighted by Gasteiger charge is -2.15. The fourth-order valence-corrected chi connectivity index (χ4v) is 2.13. The molecular weight excluding hydrogens is 240 g/mol. The fourth-order valence-electron chi connectivity index (χ4n) is 2.13. The fraction of sp³-hybridized carbons (Fsp3) is 0.200. The predicted molar refractivity (Wildman–Crippen MR) is 74.9 cm³/mol. The van der Waals surface area contributed by atoms with E-state index in [0.29, 0.717) is 5.69 Å². The molecule has 0 aliphatic heterocycles. The Balaban J connectivity index is 2.71. The first-order valence-corrected chi connectivity index (χ1v) is 6.06. The first kappa shape index (κ1) is 13.1. The van der Waals surface area contributed by atoms with Crippen LogP contribution in [0.3, 0.4) is 0 Å². The number of nitrogens with zero attached hydrogens (tertiary/aromatic N) is 1. The van der Waals surface area contributed by atoms with Gasteiger partial charge in [-0.2, -0.15) is 0 Å². The normalized spacial score (nSPS) is 10.3. The monoisotopic (exact) mass is 256 g/mol. The smallest absolute Gasteiger partial charge is 0.256 e. The number of nitrogens with one attached hydrogen (secondary N) is 1. The number of aromatic nitrogens is 1. The maximum absolute atomic E-state index is 11.8. The Labute approximate surface area is 111 Å². The molecule has 0 fully saturated rings. The molecule has 0 aliphatic carbocycles. The summed E-state index contributed by atoms with van der Waals surface area (Å²) in [4.78, 5) is 23.6. The van der Waals surface area contributed by atoms with Crippen molar-refractivity contribution in [1.82, 2.24) is 9.88 Å². The molecule has 0 aliphatic rings. The second kappa shape index (κ2) is 5.10. The maximum atomic E-state index is 11.8. The summed E-state index contributed by atoms with van der Waals surface area (Å²) in [5.41, 5.74) is 2.61.